The number of aldehydes is 1. The topological polar surface area (TPSA) is 67.2 Å². The van der Waals surface area contributed by atoms with E-state index >= 15 is 0 Å². The average Bonchev–Trinajstić information content (AvgIpc) is 2.26. The molecule has 0 aromatic heterocycles. The van der Waals surface area contributed by atoms with E-state index in [0.717, 1.165) is 0 Å². The fourth-order valence-electron chi connectivity index (χ4n) is 1.00. The molecule has 0 saturated carbocycles. The Morgan fingerprint density at radius 2 is 2.29 bits per heavy atom. The van der Waals surface area contributed by atoms with Crippen molar-refractivity contribution in [3.63, 3.8) is 0 Å². The summed E-state index contributed by atoms with van der Waals surface area (Å²) in [6.07, 6.45) is 0.569. The van der Waals surface area contributed by atoms with Gasteiger partial charge in [-0.15, -0.1) is 0 Å². The molecule has 0 atom stereocenters. The number of nitriles is 1. The highest BCUT2D eigenvalue weighted by atomic mass is 16.5. The molecule has 0 heterocycles. The first-order valence-corrected chi connectivity index (χ1v) is 3.80. The van der Waals surface area contributed by atoms with Gasteiger partial charge in [-0.3, -0.25) is 4.79 Å². The number of nitrogens with zero attached hydrogens (tertiary/aromatic N) is 1. The lowest BCUT2D eigenvalue weighted by atomic mass is 10.1. The number of hydrogen-bond donors (Lipinski definition) is 0. The molecular formula is C10H7NO3. The third-order valence-electron chi connectivity index (χ3n) is 1.72. The zero-order chi connectivity index (χ0) is 10.6. The van der Waals surface area contributed by atoms with Crippen molar-refractivity contribution in [3.8, 4) is 6.07 Å². The molecule has 1 rings (SSSR count). The van der Waals surface area contributed by atoms with Gasteiger partial charge >= 0.3 is 5.97 Å². The largest absolute Gasteiger partial charge is 0.465 e. The Morgan fingerprint density at radius 3 is 2.79 bits per heavy atom. The molecule has 4 heteroatoms. The van der Waals surface area contributed by atoms with Gasteiger partial charge in [0.2, 0.25) is 0 Å². The van der Waals surface area contributed by atoms with Crippen LogP contribution in [0.5, 0.6) is 0 Å². The number of ether oxygens (including phenoxy) is 1. The van der Waals surface area contributed by atoms with E-state index in [0.29, 0.717) is 6.29 Å². The Hall–Kier alpha value is -2.15. The van der Waals surface area contributed by atoms with E-state index in [2.05, 4.69) is 4.74 Å². The van der Waals surface area contributed by atoms with Crippen molar-refractivity contribution in [1.82, 2.24) is 0 Å². The van der Waals surface area contributed by atoms with Crippen LogP contribution >= 0.6 is 0 Å². The summed E-state index contributed by atoms with van der Waals surface area (Å²) in [6.45, 7) is 0. The van der Waals surface area contributed by atoms with Crippen molar-refractivity contribution in [2.45, 2.75) is 0 Å². The zero-order valence-electron chi connectivity index (χ0n) is 7.48. The molecule has 70 valence electrons. The summed E-state index contributed by atoms with van der Waals surface area (Å²) >= 11 is 0. The van der Waals surface area contributed by atoms with Crippen molar-refractivity contribution in [2.24, 2.45) is 0 Å². The van der Waals surface area contributed by atoms with Crippen LogP contribution < -0.4 is 0 Å². The molecule has 0 aliphatic rings. The molecule has 0 fully saturated rings. The lowest BCUT2D eigenvalue weighted by molar-refractivity contribution is 0.0600. The van der Waals surface area contributed by atoms with E-state index in [-0.39, 0.29) is 16.7 Å². The molecule has 1 aromatic rings. The van der Waals surface area contributed by atoms with Crippen molar-refractivity contribution in [3.05, 3.63) is 34.9 Å². The second-order valence-electron chi connectivity index (χ2n) is 2.52. The smallest absolute Gasteiger partial charge is 0.337 e. The zero-order valence-corrected chi connectivity index (χ0v) is 7.48. The molecule has 0 N–H and O–H groups in total. The van der Waals surface area contributed by atoms with Gasteiger partial charge in [0.25, 0.3) is 0 Å². The Labute approximate surface area is 80.7 Å². The van der Waals surface area contributed by atoms with Crippen LogP contribution in [0.3, 0.4) is 0 Å². The molecule has 0 saturated heterocycles. The molecule has 1 aromatic carbocycles. The van der Waals surface area contributed by atoms with Crippen LogP contribution in [-0.2, 0) is 4.74 Å². The van der Waals surface area contributed by atoms with Crippen molar-refractivity contribution >= 4 is 12.3 Å². The van der Waals surface area contributed by atoms with E-state index in [1.807, 2.05) is 6.07 Å². The number of hydrogen-bond acceptors (Lipinski definition) is 4. The number of carbonyl (C=O) groups excluding carboxylic acids is 2. The minimum atomic E-state index is -0.529. The predicted octanol–water partition coefficient (Wildman–Crippen LogP) is 1.16. The monoisotopic (exact) mass is 189 g/mol. The maximum Gasteiger partial charge on any atom is 0.337 e. The Bertz CT molecular complexity index is 418. The third-order valence-corrected chi connectivity index (χ3v) is 1.72. The van der Waals surface area contributed by atoms with Crippen molar-refractivity contribution in [2.75, 3.05) is 7.11 Å². The van der Waals surface area contributed by atoms with Crippen LogP contribution in [0.15, 0.2) is 18.2 Å². The second kappa shape index (κ2) is 4.19. The molecule has 4 nitrogen and oxygen atoms in total. The Kier molecular flexibility index (Phi) is 2.97. The number of esters is 1. The molecule has 0 bridgehead atoms. The molecule has 0 aliphatic carbocycles. The van der Waals surface area contributed by atoms with Gasteiger partial charge in [0, 0.05) is 5.56 Å². The van der Waals surface area contributed by atoms with Crippen LogP contribution in [0.2, 0.25) is 0 Å². The van der Waals surface area contributed by atoms with Gasteiger partial charge in [-0.25, -0.2) is 4.79 Å². The lowest BCUT2D eigenvalue weighted by Crippen LogP contribution is -2.02. The van der Waals surface area contributed by atoms with E-state index in [1.165, 1.54) is 25.3 Å². The van der Waals surface area contributed by atoms with Crippen LogP contribution in [0.4, 0.5) is 0 Å². The summed E-state index contributed by atoms with van der Waals surface area (Å²) in [7, 11) is 1.25. The summed E-state index contributed by atoms with van der Waals surface area (Å²) in [5, 5.41) is 8.67. The number of benzene rings is 1. The highest BCUT2D eigenvalue weighted by Gasteiger charge is 2.08. The van der Waals surface area contributed by atoms with E-state index in [1.54, 1.807) is 0 Å². The highest BCUT2D eigenvalue weighted by Crippen LogP contribution is 2.10. The quantitative estimate of drug-likeness (QED) is 0.517. The molecule has 0 amide bonds. The SMILES string of the molecule is COC(=O)c1ccc(C=O)c(C#N)c1. The maximum absolute atomic E-state index is 11.1. The summed E-state index contributed by atoms with van der Waals surface area (Å²) < 4.78 is 4.47. The van der Waals surface area contributed by atoms with Gasteiger partial charge in [-0.1, -0.05) is 0 Å². The fraction of sp³-hybridized carbons (Fsp3) is 0.100. The van der Waals surface area contributed by atoms with E-state index in [9.17, 15) is 9.59 Å². The van der Waals surface area contributed by atoms with E-state index < -0.39 is 5.97 Å². The fourth-order valence-corrected chi connectivity index (χ4v) is 1.00. The standard InChI is InChI=1S/C10H7NO3/c1-14-10(13)7-2-3-8(6-12)9(4-7)5-11/h2-4,6H,1H3. The number of carbonyl (C=O) groups is 2. The third kappa shape index (κ3) is 1.77. The number of methoxy groups -OCH3 is 1. The number of rotatable bonds is 2. The highest BCUT2D eigenvalue weighted by molar-refractivity contribution is 5.91. The van der Waals surface area contributed by atoms with Gasteiger partial charge in [-0.2, -0.15) is 5.26 Å². The molecule has 0 spiro atoms. The molecular weight excluding hydrogens is 182 g/mol. The molecule has 0 aliphatic heterocycles. The molecule has 0 unspecified atom stereocenters. The van der Waals surface area contributed by atoms with Gasteiger partial charge in [0.1, 0.15) is 0 Å². The molecule has 14 heavy (non-hydrogen) atoms. The van der Waals surface area contributed by atoms with Crippen molar-refractivity contribution < 1.29 is 14.3 Å². The summed E-state index contributed by atoms with van der Waals surface area (Å²) in [5.74, 6) is -0.529. The maximum atomic E-state index is 11.1. The Balaban J connectivity index is 3.22. The first kappa shape index (κ1) is 9.93. The van der Waals surface area contributed by atoms with Gasteiger partial charge < -0.3 is 4.74 Å². The normalized spacial score (nSPS) is 8.86. The first-order valence-electron chi connectivity index (χ1n) is 3.80. The van der Waals surface area contributed by atoms with Gasteiger partial charge in [0.15, 0.2) is 6.29 Å². The minimum Gasteiger partial charge on any atom is -0.465 e. The summed E-state index contributed by atoms with van der Waals surface area (Å²) in [5.41, 5.74) is 0.692. The average molecular weight is 189 g/mol. The minimum absolute atomic E-state index is 0.169. The van der Waals surface area contributed by atoms with Crippen LogP contribution in [0, 0.1) is 11.3 Å². The predicted molar refractivity (Wildman–Crippen MR) is 47.9 cm³/mol. The lowest BCUT2D eigenvalue weighted by Gasteiger charge is -2.00. The van der Waals surface area contributed by atoms with Crippen molar-refractivity contribution in [1.29, 1.82) is 5.26 Å². The summed E-state index contributed by atoms with van der Waals surface area (Å²) in [6, 6.07) is 6.01. The van der Waals surface area contributed by atoms with Crippen LogP contribution in [-0.4, -0.2) is 19.4 Å². The van der Waals surface area contributed by atoms with Crippen LogP contribution in [0.25, 0.3) is 0 Å². The van der Waals surface area contributed by atoms with E-state index in [4.69, 9.17) is 5.26 Å². The second-order valence-corrected chi connectivity index (χ2v) is 2.52. The first-order chi connectivity index (χ1) is 6.72. The molecule has 0 radical (unpaired) electrons. The summed E-state index contributed by atoms with van der Waals surface area (Å²) in [4.78, 5) is 21.5. The van der Waals surface area contributed by atoms with Gasteiger partial charge in [0.05, 0.1) is 24.3 Å². The van der Waals surface area contributed by atoms with Crippen LogP contribution in [0.1, 0.15) is 26.3 Å². The Morgan fingerprint density at radius 1 is 1.57 bits per heavy atom. The van der Waals surface area contributed by atoms with Gasteiger partial charge in [-0.05, 0) is 18.2 Å².